The van der Waals surface area contributed by atoms with E-state index in [-0.39, 0.29) is 28.1 Å². The molecule has 174 valence electrons. The van der Waals surface area contributed by atoms with Gasteiger partial charge in [0.2, 0.25) is 5.91 Å². The molecule has 1 heterocycles. The number of anilines is 2. The largest absolute Gasteiger partial charge is 0.336 e. The van der Waals surface area contributed by atoms with Crippen LogP contribution in [0.15, 0.2) is 72.8 Å². The summed E-state index contributed by atoms with van der Waals surface area (Å²) in [5, 5.41) is 4.07. The molecule has 0 aliphatic carbocycles. The van der Waals surface area contributed by atoms with E-state index in [0.717, 1.165) is 21.7 Å². The normalized spacial score (nSPS) is 15.5. The van der Waals surface area contributed by atoms with Crippen LogP contribution in [0.1, 0.15) is 17.5 Å². The van der Waals surface area contributed by atoms with Crippen LogP contribution >= 0.6 is 35.4 Å². The van der Waals surface area contributed by atoms with Gasteiger partial charge >= 0.3 is 0 Å². The number of aryl methyl sites for hydroxylation is 1. The Morgan fingerprint density at radius 1 is 1.00 bits per heavy atom. The molecule has 3 aromatic rings. The highest BCUT2D eigenvalue weighted by Gasteiger charge is 2.44. The van der Waals surface area contributed by atoms with Gasteiger partial charge in [-0.05, 0) is 55.4 Å². The number of hydrogen-bond acceptors (Lipinski definition) is 3. The van der Waals surface area contributed by atoms with Crippen LogP contribution in [-0.2, 0) is 16.0 Å². The molecular weight excluding hydrogens is 489 g/mol. The lowest BCUT2D eigenvalue weighted by Gasteiger charge is -2.30. The van der Waals surface area contributed by atoms with Crippen molar-refractivity contribution in [3.8, 4) is 0 Å². The molecule has 0 bridgehead atoms. The summed E-state index contributed by atoms with van der Waals surface area (Å²) >= 11 is 18.3. The zero-order valence-corrected chi connectivity index (χ0v) is 20.8. The first-order chi connectivity index (χ1) is 16.3. The van der Waals surface area contributed by atoms with E-state index in [2.05, 4.69) is 5.32 Å². The molecule has 1 atom stereocenters. The van der Waals surface area contributed by atoms with Gasteiger partial charge in [0.1, 0.15) is 6.04 Å². The first-order valence-electron chi connectivity index (χ1n) is 10.8. The van der Waals surface area contributed by atoms with E-state index in [1.165, 1.54) is 0 Å². The van der Waals surface area contributed by atoms with Crippen molar-refractivity contribution in [3.63, 3.8) is 0 Å². The van der Waals surface area contributed by atoms with Crippen molar-refractivity contribution in [2.75, 3.05) is 16.8 Å². The molecule has 1 saturated heterocycles. The molecule has 1 aliphatic heterocycles. The Morgan fingerprint density at radius 2 is 1.65 bits per heavy atom. The fourth-order valence-electron chi connectivity index (χ4n) is 3.92. The Hall–Kier alpha value is -2.93. The lowest BCUT2D eigenvalue weighted by Crippen LogP contribution is -2.48. The summed E-state index contributed by atoms with van der Waals surface area (Å²) in [5.74, 6) is -0.769. The molecule has 1 aliphatic rings. The number of nitrogens with one attached hydrogen (secondary N) is 1. The van der Waals surface area contributed by atoms with Gasteiger partial charge in [0, 0.05) is 12.2 Å². The molecule has 0 spiro atoms. The smallest absolute Gasteiger partial charge is 0.257 e. The predicted molar refractivity (Wildman–Crippen MR) is 142 cm³/mol. The van der Waals surface area contributed by atoms with Gasteiger partial charge in [0.05, 0.1) is 22.2 Å². The Bertz CT molecular complexity index is 1200. The number of rotatable bonds is 6. The van der Waals surface area contributed by atoms with Gasteiger partial charge in [0.15, 0.2) is 5.11 Å². The fraction of sp³-hybridized carbons (Fsp3) is 0.192. The summed E-state index contributed by atoms with van der Waals surface area (Å²) in [6, 6.07) is 21.8. The Morgan fingerprint density at radius 3 is 2.29 bits per heavy atom. The molecule has 0 saturated carbocycles. The lowest BCUT2D eigenvalue weighted by molar-refractivity contribution is -0.122. The molecule has 0 aromatic heterocycles. The zero-order chi connectivity index (χ0) is 24.2. The first kappa shape index (κ1) is 24.2. The summed E-state index contributed by atoms with van der Waals surface area (Å²) in [4.78, 5) is 29.4. The average molecular weight is 512 g/mol. The second-order valence-corrected chi connectivity index (χ2v) is 9.28. The SMILES string of the molecule is Cc1ccc(NC(=S)N(CCc2ccccc2)[C@@H]2CC(=O)N(c3c(Cl)cccc3Cl)C2=O)cc1. The Balaban J connectivity index is 1.62. The van der Waals surface area contributed by atoms with E-state index < -0.39 is 11.9 Å². The molecule has 34 heavy (non-hydrogen) atoms. The summed E-state index contributed by atoms with van der Waals surface area (Å²) < 4.78 is 0. The van der Waals surface area contributed by atoms with E-state index in [4.69, 9.17) is 35.4 Å². The highest BCUT2D eigenvalue weighted by molar-refractivity contribution is 7.80. The van der Waals surface area contributed by atoms with Crippen molar-refractivity contribution < 1.29 is 9.59 Å². The van der Waals surface area contributed by atoms with Crippen molar-refractivity contribution in [3.05, 3.63) is 94.0 Å². The summed E-state index contributed by atoms with van der Waals surface area (Å²) in [6.07, 6.45) is 0.631. The number of nitrogens with zero attached hydrogens (tertiary/aromatic N) is 2. The van der Waals surface area contributed by atoms with Gasteiger partial charge in [-0.25, -0.2) is 4.90 Å². The van der Waals surface area contributed by atoms with Crippen LogP contribution in [0.3, 0.4) is 0 Å². The van der Waals surface area contributed by atoms with Gasteiger partial charge in [-0.15, -0.1) is 0 Å². The summed E-state index contributed by atoms with van der Waals surface area (Å²) in [7, 11) is 0. The average Bonchev–Trinajstić information content (AvgIpc) is 3.10. The quantitative estimate of drug-likeness (QED) is 0.331. The van der Waals surface area contributed by atoms with Crippen LogP contribution < -0.4 is 10.2 Å². The highest BCUT2D eigenvalue weighted by atomic mass is 35.5. The number of imide groups is 1. The van der Waals surface area contributed by atoms with Crippen molar-refractivity contribution in [1.82, 2.24) is 4.90 Å². The van der Waals surface area contributed by atoms with Crippen LogP contribution in [-0.4, -0.2) is 34.4 Å². The molecule has 1 fully saturated rings. The Kier molecular flexibility index (Phi) is 7.51. The molecule has 2 amide bonds. The number of hydrogen-bond donors (Lipinski definition) is 1. The molecule has 5 nitrogen and oxygen atoms in total. The third-order valence-corrected chi connectivity index (χ3v) is 6.65. The zero-order valence-electron chi connectivity index (χ0n) is 18.5. The number of benzene rings is 3. The van der Waals surface area contributed by atoms with Gasteiger partial charge in [-0.1, -0.05) is 77.3 Å². The number of amides is 2. The maximum absolute atomic E-state index is 13.5. The fourth-order valence-corrected chi connectivity index (χ4v) is 4.83. The number of halogens is 2. The van der Waals surface area contributed by atoms with Crippen molar-refractivity contribution in [2.24, 2.45) is 0 Å². The van der Waals surface area contributed by atoms with Crippen LogP contribution in [0.5, 0.6) is 0 Å². The monoisotopic (exact) mass is 511 g/mol. The number of carbonyl (C=O) groups excluding carboxylic acids is 2. The van der Waals surface area contributed by atoms with Crippen molar-refractivity contribution >= 4 is 63.7 Å². The molecular formula is C26H23Cl2N3O2S. The van der Waals surface area contributed by atoms with E-state index in [1.54, 1.807) is 23.1 Å². The molecule has 0 unspecified atom stereocenters. The van der Waals surface area contributed by atoms with Gasteiger partial charge < -0.3 is 10.2 Å². The first-order valence-corrected chi connectivity index (χ1v) is 12.0. The number of thiocarbonyl (C=S) groups is 1. The van der Waals surface area contributed by atoms with Crippen LogP contribution in [0, 0.1) is 6.92 Å². The summed E-state index contributed by atoms with van der Waals surface area (Å²) in [6.45, 7) is 2.46. The van der Waals surface area contributed by atoms with Gasteiger partial charge in [-0.2, -0.15) is 0 Å². The second-order valence-electron chi connectivity index (χ2n) is 8.08. The standard InChI is InChI=1S/C26H23Cl2N3O2S/c1-17-10-12-19(13-11-17)29-26(34)30(15-14-18-6-3-2-4-7-18)22-16-23(32)31(25(22)33)24-20(27)8-5-9-21(24)28/h2-13,22H,14-16H2,1H3,(H,29,34)/t22-/m1/s1. The van der Waals surface area contributed by atoms with E-state index >= 15 is 0 Å². The molecule has 0 radical (unpaired) electrons. The van der Waals surface area contributed by atoms with Gasteiger partial charge in [-0.3, -0.25) is 9.59 Å². The third-order valence-electron chi connectivity index (χ3n) is 5.71. The molecule has 8 heteroatoms. The maximum atomic E-state index is 13.5. The molecule has 1 N–H and O–H groups in total. The second kappa shape index (κ2) is 10.6. The predicted octanol–water partition coefficient (Wildman–Crippen LogP) is 5.88. The topological polar surface area (TPSA) is 52.7 Å². The van der Waals surface area contributed by atoms with Crippen LogP contribution in [0.2, 0.25) is 10.0 Å². The number of para-hydroxylation sites is 1. The van der Waals surface area contributed by atoms with E-state index in [1.807, 2.05) is 61.5 Å². The van der Waals surface area contributed by atoms with Crippen LogP contribution in [0.4, 0.5) is 11.4 Å². The minimum atomic E-state index is -0.769. The lowest BCUT2D eigenvalue weighted by atomic mass is 10.1. The van der Waals surface area contributed by atoms with Crippen LogP contribution in [0.25, 0.3) is 0 Å². The van der Waals surface area contributed by atoms with Gasteiger partial charge in [0.25, 0.3) is 5.91 Å². The maximum Gasteiger partial charge on any atom is 0.257 e. The highest BCUT2D eigenvalue weighted by Crippen LogP contribution is 2.37. The molecule has 4 rings (SSSR count). The molecule has 3 aromatic carbocycles. The van der Waals surface area contributed by atoms with Crippen molar-refractivity contribution in [1.29, 1.82) is 0 Å². The minimum Gasteiger partial charge on any atom is -0.336 e. The van der Waals surface area contributed by atoms with E-state index in [9.17, 15) is 9.59 Å². The van der Waals surface area contributed by atoms with Crippen molar-refractivity contribution in [2.45, 2.75) is 25.8 Å². The summed E-state index contributed by atoms with van der Waals surface area (Å²) in [5.41, 5.74) is 3.25. The Labute approximate surface area is 214 Å². The number of carbonyl (C=O) groups is 2. The van der Waals surface area contributed by atoms with E-state index in [0.29, 0.717) is 18.1 Å². The third kappa shape index (κ3) is 5.25. The minimum absolute atomic E-state index is 0.0229.